The molecule has 92 valence electrons. The number of imidazole rings is 1. The number of aromatic nitrogens is 3. The average molecular weight is 253 g/mol. The standard InChI is InChI=1S/C12H17ClN4/c1-9(2)17(7-5-13)12-11-10(4-6-14-12)16(3)8-15-11/h4,6,8-9H,5,7H2,1-3H3. The van der Waals surface area contributed by atoms with E-state index in [0.717, 1.165) is 23.4 Å². The highest BCUT2D eigenvalue weighted by Gasteiger charge is 2.16. The highest BCUT2D eigenvalue weighted by Crippen LogP contribution is 2.23. The van der Waals surface area contributed by atoms with E-state index in [2.05, 4.69) is 28.7 Å². The van der Waals surface area contributed by atoms with Gasteiger partial charge in [0.05, 0.1) is 11.8 Å². The fraction of sp³-hybridized carbons (Fsp3) is 0.500. The van der Waals surface area contributed by atoms with Crippen LogP contribution in [0.5, 0.6) is 0 Å². The van der Waals surface area contributed by atoms with Crippen LogP contribution < -0.4 is 4.90 Å². The summed E-state index contributed by atoms with van der Waals surface area (Å²) in [6, 6.07) is 2.33. The van der Waals surface area contributed by atoms with Crippen LogP contribution in [-0.4, -0.2) is 33.0 Å². The predicted molar refractivity (Wildman–Crippen MR) is 71.7 cm³/mol. The highest BCUT2D eigenvalue weighted by molar-refractivity contribution is 6.18. The molecule has 2 heterocycles. The number of halogens is 1. The van der Waals surface area contributed by atoms with E-state index in [4.69, 9.17) is 11.6 Å². The van der Waals surface area contributed by atoms with Crippen LogP contribution in [0.15, 0.2) is 18.6 Å². The summed E-state index contributed by atoms with van der Waals surface area (Å²) in [6.45, 7) is 5.05. The number of rotatable bonds is 4. The Morgan fingerprint density at radius 2 is 2.18 bits per heavy atom. The third kappa shape index (κ3) is 2.22. The molecular weight excluding hydrogens is 236 g/mol. The number of anilines is 1. The van der Waals surface area contributed by atoms with Crippen LogP contribution in [-0.2, 0) is 7.05 Å². The van der Waals surface area contributed by atoms with Crippen molar-refractivity contribution in [2.45, 2.75) is 19.9 Å². The van der Waals surface area contributed by atoms with Crippen molar-refractivity contribution < 1.29 is 0 Å². The third-order valence-electron chi connectivity index (χ3n) is 2.84. The number of nitrogens with zero attached hydrogens (tertiary/aromatic N) is 4. The number of pyridine rings is 1. The summed E-state index contributed by atoms with van der Waals surface area (Å²) in [5.74, 6) is 1.50. The molecule has 0 aromatic carbocycles. The lowest BCUT2D eigenvalue weighted by atomic mass is 10.3. The minimum absolute atomic E-state index is 0.355. The van der Waals surface area contributed by atoms with Crippen LogP contribution in [0.1, 0.15) is 13.8 Å². The van der Waals surface area contributed by atoms with E-state index in [-0.39, 0.29) is 0 Å². The van der Waals surface area contributed by atoms with Gasteiger partial charge in [0, 0.05) is 31.7 Å². The number of hydrogen-bond donors (Lipinski definition) is 0. The summed E-state index contributed by atoms with van der Waals surface area (Å²) < 4.78 is 2.00. The summed E-state index contributed by atoms with van der Waals surface area (Å²) in [6.07, 6.45) is 3.64. The maximum Gasteiger partial charge on any atom is 0.157 e. The zero-order valence-electron chi connectivity index (χ0n) is 10.4. The van der Waals surface area contributed by atoms with Gasteiger partial charge in [-0.1, -0.05) is 0 Å². The molecule has 2 rings (SSSR count). The molecule has 0 aliphatic heterocycles. The molecule has 4 nitrogen and oxygen atoms in total. The molecule has 0 spiro atoms. The summed E-state index contributed by atoms with van der Waals surface area (Å²) >= 11 is 5.85. The van der Waals surface area contributed by atoms with Gasteiger partial charge in [0.1, 0.15) is 5.52 Å². The Morgan fingerprint density at radius 3 is 2.82 bits per heavy atom. The lowest BCUT2D eigenvalue weighted by Crippen LogP contribution is -2.33. The molecule has 5 heteroatoms. The number of alkyl halides is 1. The van der Waals surface area contributed by atoms with Gasteiger partial charge in [0.15, 0.2) is 5.82 Å². The van der Waals surface area contributed by atoms with Gasteiger partial charge in [-0.3, -0.25) is 0 Å². The van der Waals surface area contributed by atoms with E-state index in [1.54, 1.807) is 0 Å². The fourth-order valence-corrected chi connectivity index (χ4v) is 2.14. The van der Waals surface area contributed by atoms with Gasteiger partial charge in [-0.2, -0.15) is 0 Å². The van der Waals surface area contributed by atoms with Crippen molar-refractivity contribution in [2.75, 3.05) is 17.3 Å². The molecule has 0 N–H and O–H groups in total. The van der Waals surface area contributed by atoms with Crippen LogP contribution in [0.25, 0.3) is 11.0 Å². The Balaban J connectivity index is 2.52. The molecule has 0 saturated heterocycles. The van der Waals surface area contributed by atoms with Crippen LogP contribution in [0, 0.1) is 0 Å². The molecule has 0 amide bonds. The first-order valence-corrected chi connectivity index (χ1v) is 6.27. The van der Waals surface area contributed by atoms with E-state index in [9.17, 15) is 0 Å². The minimum Gasteiger partial charge on any atom is -0.351 e. The molecule has 0 aliphatic rings. The normalized spacial score (nSPS) is 11.4. The van der Waals surface area contributed by atoms with Gasteiger partial charge in [-0.15, -0.1) is 11.6 Å². The van der Waals surface area contributed by atoms with Crippen LogP contribution in [0.3, 0.4) is 0 Å². The second-order valence-corrected chi connectivity index (χ2v) is 4.71. The molecule has 0 saturated carbocycles. The first kappa shape index (κ1) is 12.2. The largest absolute Gasteiger partial charge is 0.351 e. The minimum atomic E-state index is 0.355. The van der Waals surface area contributed by atoms with Crippen molar-refractivity contribution in [3.05, 3.63) is 18.6 Å². The van der Waals surface area contributed by atoms with Gasteiger partial charge < -0.3 is 9.47 Å². The van der Waals surface area contributed by atoms with Gasteiger partial charge >= 0.3 is 0 Å². The SMILES string of the molecule is CC(C)N(CCCl)c1nccc2c1ncn2C. The quantitative estimate of drug-likeness (QED) is 0.784. The molecule has 0 bridgehead atoms. The fourth-order valence-electron chi connectivity index (χ4n) is 1.96. The van der Waals surface area contributed by atoms with E-state index in [1.165, 1.54) is 0 Å². The monoisotopic (exact) mass is 252 g/mol. The second kappa shape index (κ2) is 4.92. The Bertz CT molecular complexity index is 506. The summed E-state index contributed by atoms with van der Waals surface area (Å²) in [4.78, 5) is 11.1. The van der Waals surface area contributed by atoms with Gasteiger partial charge in [0.2, 0.25) is 0 Å². The second-order valence-electron chi connectivity index (χ2n) is 4.33. The molecule has 17 heavy (non-hydrogen) atoms. The molecule has 0 aliphatic carbocycles. The van der Waals surface area contributed by atoms with E-state index in [1.807, 2.05) is 30.2 Å². The molecule has 2 aromatic heterocycles. The molecule has 0 radical (unpaired) electrons. The molecule has 0 unspecified atom stereocenters. The van der Waals surface area contributed by atoms with Crippen molar-refractivity contribution in [2.24, 2.45) is 7.05 Å². The molecule has 2 aromatic rings. The maximum absolute atomic E-state index is 5.85. The Labute approximate surface area is 106 Å². The van der Waals surface area contributed by atoms with Crippen molar-refractivity contribution in [1.29, 1.82) is 0 Å². The van der Waals surface area contributed by atoms with Crippen LogP contribution in [0.2, 0.25) is 0 Å². The van der Waals surface area contributed by atoms with Gasteiger partial charge in [-0.25, -0.2) is 9.97 Å². The third-order valence-corrected chi connectivity index (χ3v) is 3.01. The maximum atomic E-state index is 5.85. The Hall–Kier alpha value is -1.29. The number of hydrogen-bond acceptors (Lipinski definition) is 3. The first-order chi connectivity index (χ1) is 8.15. The van der Waals surface area contributed by atoms with Crippen LogP contribution in [0.4, 0.5) is 5.82 Å². The van der Waals surface area contributed by atoms with Crippen molar-refractivity contribution >= 4 is 28.5 Å². The average Bonchev–Trinajstić information content (AvgIpc) is 2.68. The number of aryl methyl sites for hydroxylation is 1. The van der Waals surface area contributed by atoms with Gasteiger partial charge in [0.25, 0.3) is 0 Å². The van der Waals surface area contributed by atoms with Crippen molar-refractivity contribution in [3.8, 4) is 0 Å². The van der Waals surface area contributed by atoms with Crippen LogP contribution >= 0.6 is 11.6 Å². The lowest BCUT2D eigenvalue weighted by molar-refractivity contribution is 0.698. The first-order valence-electron chi connectivity index (χ1n) is 5.73. The molecular formula is C12H17ClN4. The summed E-state index contributed by atoms with van der Waals surface area (Å²) in [7, 11) is 1.99. The van der Waals surface area contributed by atoms with Gasteiger partial charge in [-0.05, 0) is 19.9 Å². The van der Waals surface area contributed by atoms with E-state index in [0.29, 0.717) is 11.9 Å². The molecule has 0 atom stereocenters. The summed E-state index contributed by atoms with van der Waals surface area (Å²) in [5, 5.41) is 0. The van der Waals surface area contributed by atoms with E-state index >= 15 is 0 Å². The zero-order chi connectivity index (χ0) is 12.4. The number of fused-ring (bicyclic) bond motifs is 1. The van der Waals surface area contributed by atoms with Crippen molar-refractivity contribution in [1.82, 2.24) is 14.5 Å². The highest BCUT2D eigenvalue weighted by atomic mass is 35.5. The lowest BCUT2D eigenvalue weighted by Gasteiger charge is -2.27. The Morgan fingerprint density at radius 1 is 1.41 bits per heavy atom. The van der Waals surface area contributed by atoms with Crippen molar-refractivity contribution in [3.63, 3.8) is 0 Å². The summed E-state index contributed by atoms with van der Waals surface area (Å²) in [5.41, 5.74) is 2.03. The Kier molecular flexibility index (Phi) is 3.52. The zero-order valence-corrected chi connectivity index (χ0v) is 11.1. The smallest absolute Gasteiger partial charge is 0.157 e. The topological polar surface area (TPSA) is 34.0 Å². The van der Waals surface area contributed by atoms with E-state index < -0.39 is 0 Å². The molecule has 0 fully saturated rings. The predicted octanol–water partition coefficient (Wildman–Crippen LogP) is 2.42.